The third-order valence-corrected chi connectivity index (χ3v) is 7.41. The normalized spacial score (nSPS) is 11.3. The second-order valence-corrected chi connectivity index (χ2v) is 10.3. The fraction of sp³-hybridized carbons (Fsp3) is 0.0244. The minimum Gasteiger partial charge on any atom is -0.316 e. The summed E-state index contributed by atoms with van der Waals surface area (Å²) in [5, 5.41) is 2.41. The summed E-state index contributed by atoms with van der Waals surface area (Å²) < 4.78 is 0. The number of allylic oxidation sites excluding steroid dienone is 2. The Kier molecular flexibility index (Phi) is 8.20. The molecule has 1 heteroatoms. The summed E-state index contributed by atoms with van der Waals surface area (Å²) in [6.07, 6.45) is 10.8. The molecule has 0 N–H and O–H groups in total. The first-order chi connectivity index (χ1) is 20.8. The Morgan fingerprint density at radius 2 is 1.05 bits per heavy atom. The van der Waals surface area contributed by atoms with Gasteiger partial charge in [-0.25, -0.2) is 0 Å². The maximum absolute atomic E-state index is 2.33. The lowest BCUT2D eigenvalue weighted by molar-refractivity contribution is 1.28. The Bertz CT molecular complexity index is 1800. The van der Waals surface area contributed by atoms with Gasteiger partial charge in [0.1, 0.15) is 0 Å². The molecule has 0 fully saturated rings. The van der Waals surface area contributed by atoms with Gasteiger partial charge in [0.05, 0.1) is 5.69 Å². The van der Waals surface area contributed by atoms with Gasteiger partial charge in [-0.05, 0) is 52.8 Å². The van der Waals surface area contributed by atoms with E-state index in [1.54, 1.807) is 0 Å². The number of aryl methyl sites for hydroxylation is 1. The fourth-order valence-corrected chi connectivity index (χ4v) is 5.22. The van der Waals surface area contributed by atoms with Crippen molar-refractivity contribution in [3.8, 4) is 0 Å². The molecule has 0 aliphatic heterocycles. The van der Waals surface area contributed by atoms with Crippen molar-refractivity contribution in [1.29, 1.82) is 0 Å². The van der Waals surface area contributed by atoms with Crippen LogP contribution in [0.1, 0.15) is 27.8 Å². The third kappa shape index (κ3) is 6.16. The van der Waals surface area contributed by atoms with Crippen LogP contribution < -0.4 is 4.90 Å². The average Bonchev–Trinajstić information content (AvgIpc) is 3.06. The van der Waals surface area contributed by atoms with Gasteiger partial charge in [-0.3, -0.25) is 0 Å². The van der Waals surface area contributed by atoms with E-state index in [2.05, 4.69) is 188 Å². The van der Waals surface area contributed by atoms with Crippen LogP contribution in [-0.4, -0.2) is 0 Å². The largest absolute Gasteiger partial charge is 0.316 e. The van der Waals surface area contributed by atoms with Crippen molar-refractivity contribution in [3.05, 3.63) is 198 Å². The Morgan fingerprint density at radius 1 is 0.500 bits per heavy atom. The van der Waals surface area contributed by atoms with Crippen molar-refractivity contribution in [2.75, 3.05) is 4.90 Å². The van der Waals surface area contributed by atoms with Gasteiger partial charge in [0.25, 0.3) is 0 Å². The van der Waals surface area contributed by atoms with E-state index in [9.17, 15) is 0 Å². The molecule has 0 aromatic heterocycles. The maximum atomic E-state index is 2.33. The number of hydrogen-bond donors (Lipinski definition) is 0. The molecule has 0 heterocycles. The molecule has 42 heavy (non-hydrogen) atoms. The molecule has 0 amide bonds. The zero-order valence-electron chi connectivity index (χ0n) is 23.8. The van der Waals surface area contributed by atoms with Gasteiger partial charge >= 0.3 is 0 Å². The molecule has 0 saturated heterocycles. The molecule has 6 aromatic carbocycles. The van der Waals surface area contributed by atoms with E-state index in [4.69, 9.17) is 0 Å². The second-order valence-electron chi connectivity index (χ2n) is 10.3. The van der Waals surface area contributed by atoms with E-state index >= 15 is 0 Å². The molecule has 0 aliphatic rings. The molecule has 6 aromatic rings. The molecule has 0 bridgehead atoms. The van der Waals surface area contributed by atoms with Gasteiger partial charge in [-0.2, -0.15) is 0 Å². The van der Waals surface area contributed by atoms with Crippen LogP contribution in [0.15, 0.2) is 170 Å². The number of nitrogens with zero attached hydrogens (tertiary/aromatic N) is 1. The molecule has 0 unspecified atom stereocenters. The average molecular weight is 540 g/mol. The van der Waals surface area contributed by atoms with Crippen LogP contribution in [0.4, 0.5) is 11.4 Å². The van der Waals surface area contributed by atoms with Crippen LogP contribution in [0, 0.1) is 6.92 Å². The highest BCUT2D eigenvalue weighted by Gasteiger charge is 2.15. The van der Waals surface area contributed by atoms with Gasteiger partial charge in [0.15, 0.2) is 0 Å². The smallest absolute Gasteiger partial charge is 0.0534 e. The van der Waals surface area contributed by atoms with E-state index in [1.165, 1.54) is 38.6 Å². The number of hydrogen-bond acceptors (Lipinski definition) is 1. The summed E-state index contributed by atoms with van der Waals surface area (Å²) in [6.45, 7) is 2.13. The first kappa shape index (κ1) is 26.8. The van der Waals surface area contributed by atoms with Gasteiger partial charge in [-0.15, -0.1) is 0 Å². The quantitative estimate of drug-likeness (QED) is 0.174. The highest BCUT2D eigenvalue weighted by molar-refractivity contribution is 6.02. The van der Waals surface area contributed by atoms with Gasteiger partial charge < -0.3 is 4.90 Å². The molecule has 0 radical (unpaired) electrons. The lowest BCUT2D eigenvalue weighted by atomic mass is 9.97. The number of fused-ring (bicyclic) bond motifs is 1. The van der Waals surface area contributed by atoms with Crippen molar-refractivity contribution < 1.29 is 0 Å². The summed E-state index contributed by atoms with van der Waals surface area (Å²) in [5.41, 5.74) is 9.38. The Labute approximate surface area is 249 Å². The summed E-state index contributed by atoms with van der Waals surface area (Å²) >= 11 is 0. The summed E-state index contributed by atoms with van der Waals surface area (Å²) in [4.78, 5) is 2.33. The number of anilines is 2. The minimum atomic E-state index is 1.12. The monoisotopic (exact) mass is 539 g/mol. The Morgan fingerprint density at radius 3 is 1.69 bits per heavy atom. The molecule has 0 saturated carbocycles. The van der Waals surface area contributed by atoms with Crippen LogP contribution in [0.5, 0.6) is 0 Å². The lowest BCUT2D eigenvalue weighted by Crippen LogP contribution is -2.11. The first-order valence-corrected chi connectivity index (χ1v) is 14.4. The Hall–Kier alpha value is -5.40. The molecular formula is C41H33N. The Balaban J connectivity index is 1.48. The van der Waals surface area contributed by atoms with Crippen LogP contribution in [0.25, 0.3) is 28.5 Å². The maximum Gasteiger partial charge on any atom is 0.0534 e. The number of benzene rings is 6. The van der Waals surface area contributed by atoms with Crippen LogP contribution in [0.2, 0.25) is 0 Å². The minimum absolute atomic E-state index is 1.12. The lowest BCUT2D eigenvalue weighted by Gasteiger charge is -2.25. The van der Waals surface area contributed by atoms with E-state index in [0.717, 1.165) is 16.9 Å². The highest BCUT2D eigenvalue weighted by Crippen LogP contribution is 2.37. The number of rotatable bonds is 8. The van der Waals surface area contributed by atoms with E-state index < -0.39 is 0 Å². The molecule has 1 nitrogen and oxygen atoms in total. The van der Waals surface area contributed by atoms with Crippen LogP contribution >= 0.6 is 0 Å². The fourth-order valence-electron chi connectivity index (χ4n) is 5.22. The predicted octanol–water partition coefficient (Wildman–Crippen LogP) is 11.1. The topological polar surface area (TPSA) is 3.24 Å². The third-order valence-electron chi connectivity index (χ3n) is 7.41. The highest BCUT2D eigenvalue weighted by atomic mass is 15.1. The van der Waals surface area contributed by atoms with E-state index in [1.807, 2.05) is 6.07 Å². The summed E-state index contributed by atoms with van der Waals surface area (Å²) in [7, 11) is 0. The van der Waals surface area contributed by atoms with Crippen molar-refractivity contribution in [2.45, 2.75) is 6.92 Å². The molecular weight excluding hydrogens is 506 g/mol. The standard InChI is InChI=1S/C41H33N/c1-32-25-28-37(29-26-32)42(31-40(34-18-7-3-8-19-34)35-20-9-4-10-21-35)41-30-27-36(38-23-13-14-24-39(38)41)22-12-11-17-33-15-5-2-6-16-33/h2-31H,1H3. The van der Waals surface area contributed by atoms with Crippen molar-refractivity contribution in [2.24, 2.45) is 0 Å². The molecule has 0 atom stereocenters. The van der Waals surface area contributed by atoms with E-state index in [0.29, 0.717) is 0 Å². The second kappa shape index (κ2) is 12.8. The first-order valence-electron chi connectivity index (χ1n) is 14.4. The van der Waals surface area contributed by atoms with Crippen LogP contribution in [0.3, 0.4) is 0 Å². The molecule has 202 valence electrons. The van der Waals surface area contributed by atoms with Crippen molar-refractivity contribution in [1.82, 2.24) is 0 Å². The SMILES string of the molecule is Cc1ccc(N(C=C(c2ccccc2)c2ccccc2)c2ccc(C=CC=Cc3ccccc3)c3ccccc23)cc1. The van der Waals surface area contributed by atoms with E-state index in [-0.39, 0.29) is 0 Å². The predicted molar refractivity (Wildman–Crippen MR) is 182 cm³/mol. The molecule has 0 spiro atoms. The molecule has 6 rings (SSSR count). The zero-order valence-corrected chi connectivity index (χ0v) is 23.8. The molecule has 0 aliphatic carbocycles. The van der Waals surface area contributed by atoms with Gasteiger partial charge in [-0.1, -0.05) is 163 Å². The summed E-state index contributed by atoms with van der Waals surface area (Å²) in [5.74, 6) is 0. The van der Waals surface area contributed by atoms with Gasteiger partial charge in [0, 0.05) is 22.8 Å². The van der Waals surface area contributed by atoms with Gasteiger partial charge in [0.2, 0.25) is 0 Å². The van der Waals surface area contributed by atoms with Crippen molar-refractivity contribution >= 4 is 39.9 Å². The summed E-state index contributed by atoms with van der Waals surface area (Å²) in [6, 6.07) is 53.6. The zero-order chi connectivity index (χ0) is 28.6. The van der Waals surface area contributed by atoms with Crippen LogP contribution in [-0.2, 0) is 0 Å². The van der Waals surface area contributed by atoms with Crippen molar-refractivity contribution in [3.63, 3.8) is 0 Å².